The molecule has 1 unspecified atom stereocenters. The summed E-state index contributed by atoms with van der Waals surface area (Å²) in [6.07, 6.45) is 4.17. The monoisotopic (exact) mass is 300 g/mol. The Morgan fingerprint density at radius 3 is 2.64 bits per heavy atom. The van der Waals surface area contributed by atoms with Crippen molar-refractivity contribution < 1.29 is 9.59 Å². The van der Waals surface area contributed by atoms with Gasteiger partial charge in [-0.25, -0.2) is 4.98 Å². The Morgan fingerprint density at radius 2 is 2.00 bits per heavy atom. The highest BCUT2D eigenvalue weighted by atomic mass is 16.2. The number of nitrogens with one attached hydrogen (secondary N) is 2. The molecule has 0 spiro atoms. The van der Waals surface area contributed by atoms with Gasteiger partial charge in [-0.3, -0.25) is 9.59 Å². The first-order valence-electron chi connectivity index (χ1n) is 7.21. The smallest absolute Gasteiger partial charge is 0.246 e. The summed E-state index contributed by atoms with van der Waals surface area (Å²) in [6, 6.07) is 8.47. The average molecular weight is 300 g/mol. The van der Waals surface area contributed by atoms with Crippen LogP contribution in [0, 0.1) is 0 Å². The van der Waals surface area contributed by atoms with Crippen molar-refractivity contribution in [2.45, 2.75) is 25.9 Å². The van der Waals surface area contributed by atoms with E-state index in [0.29, 0.717) is 0 Å². The summed E-state index contributed by atoms with van der Waals surface area (Å²) in [5.74, 6) is 0.359. The first kappa shape index (κ1) is 15.8. The molecule has 2 N–H and O–H groups in total. The van der Waals surface area contributed by atoms with Crippen molar-refractivity contribution in [3.8, 4) is 0 Å². The van der Waals surface area contributed by atoms with Crippen LogP contribution in [0.15, 0.2) is 42.7 Å². The van der Waals surface area contributed by atoms with Gasteiger partial charge in [-0.05, 0) is 5.56 Å². The molecular weight excluding hydrogens is 280 g/mol. The zero-order chi connectivity index (χ0) is 15.9. The summed E-state index contributed by atoms with van der Waals surface area (Å²) in [4.78, 5) is 28.5. The van der Waals surface area contributed by atoms with Crippen LogP contribution < -0.4 is 10.6 Å². The molecule has 0 radical (unpaired) electrons. The van der Waals surface area contributed by atoms with Gasteiger partial charge in [0.2, 0.25) is 11.8 Å². The number of aryl methyl sites for hydroxylation is 1. The Balaban J connectivity index is 2.10. The molecule has 116 valence electrons. The molecule has 1 aromatic heterocycles. The van der Waals surface area contributed by atoms with Crippen LogP contribution in [-0.4, -0.2) is 28.4 Å². The summed E-state index contributed by atoms with van der Waals surface area (Å²) in [7, 11) is 1.55. The van der Waals surface area contributed by atoms with Crippen molar-refractivity contribution in [1.82, 2.24) is 20.2 Å². The lowest BCUT2D eigenvalue weighted by Crippen LogP contribution is -2.40. The number of nitrogens with zero attached hydrogens (tertiary/aromatic N) is 2. The average Bonchev–Trinajstić information content (AvgIpc) is 2.99. The number of hydrogen-bond donors (Lipinski definition) is 2. The molecule has 1 heterocycles. The number of rotatable bonds is 6. The Bertz CT molecular complexity index is 637. The predicted molar refractivity (Wildman–Crippen MR) is 83.0 cm³/mol. The molecule has 6 heteroatoms. The molecule has 0 saturated heterocycles. The Morgan fingerprint density at radius 1 is 1.27 bits per heavy atom. The number of carbonyl (C=O) groups is 2. The van der Waals surface area contributed by atoms with Crippen molar-refractivity contribution in [2.75, 3.05) is 7.05 Å². The van der Waals surface area contributed by atoms with E-state index in [-0.39, 0.29) is 18.4 Å². The van der Waals surface area contributed by atoms with Crippen molar-refractivity contribution in [3.05, 3.63) is 54.1 Å². The number of benzene rings is 1. The summed E-state index contributed by atoms with van der Waals surface area (Å²) in [5.41, 5.74) is 0.747. The minimum Gasteiger partial charge on any atom is -0.357 e. The van der Waals surface area contributed by atoms with Gasteiger partial charge in [-0.15, -0.1) is 0 Å². The summed E-state index contributed by atoms with van der Waals surface area (Å²) >= 11 is 0. The molecular formula is C16H20N4O2. The lowest BCUT2D eigenvalue weighted by Gasteiger charge is -2.18. The number of amides is 2. The van der Waals surface area contributed by atoms with Crippen molar-refractivity contribution in [3.63, 3.8) is 0 Å². The third-order valence-corrected chi connectivity index (χ3v) is 3.38. The minimum atomic E-state index is -0.702. The van der Waals surface area contributed by atoms with E-state index < -0.39 is 6.04 Å². The second-order valence-corrected chi connectivity index (χ2v) is 4.85. The molecule has 1 atom stereocenters. The highest BCUT2D eigenvalue weighted by Gasteiger charge is 2.21. The van der Waals surface area contributed by atoms with Gasteiger partial charge < -0.3 is 15.2 Å². The van der Waals surface area contributed by atoms with Crippen LogP contribution in [0.5, 0.6) is 0 Å². The molecule has 2 aromatic rings. The standard InChI is InChI=1S/C16H20N4O2/c1-3-13-18-9-10-20(13)11-14(21)19-15(16(22)17-2)12-7-5-4-6-8-12/h4-10,15H,3,11H2,1-2H3,(H,17,22)(H,19,21). The largest absolute Gasteiger partial charge is 0.357 e. The van der Waals surface area contributed by atoms with Crippen LogP contribution in [0.25, 0.3) is 0 Å². The molecule has 0 bridgehead atoms. The first-order chi connectivity index (χ1) is 10.7. The van der Waals surface area contributed by atoms with E-state index in [0.717, 1.165) is 17.8 Å². The molecule has 0 aliphatic carbocycles. The molecule has 0 fully saturated rings. The maximum absolute atomic E-state index is 12.2. The lowest BCUT2D eigenvalue weighted by molar-refractivity contribution is -0.129. The number of aromatic nitrogens is 2. The number of carbonyl (C=O) groups excluding carboxylic acids is 2. The SMILES string of the molecule is CCc1nccn1CC(=O)NC(C(=O)NC)c1ccccc1. The van der Waals surface area contributed by atoms with E-state index >= 15 is 0 Å². The van der Waals surface area contributed by atoms with Gasteiger partial charge in [0, 0.05) is 25.9 Å². The van der Waals surface area contributed by atoms with Crippen LogP contribution in [0.1, 0.15) is 24.4 Å². The van der Waals surface area contributed by atoms with Crippen LogP contribution in [0.4, 0.5) is 0 Å². The first-order valence-corrected chi connectivity index (χ1v) is 7.21. The number of imidazole rings is 1. The van der Waals surface area contributed by atoms with Crippen LogP contribution in [0.2, 0.25) is 0 Å². The van der Waals surface area contributed by atoms with Gasteiger partial charge >= 0.3 is 0 Å². The highest BCUT2D eigenvalue weighted by Crippen LogP contribution is 2.12. The highest BCUT2D eigenvalue weighted by molar-refractivity contribution is 5.88. The molecule has 2 rings (SSSR count). The topological polar surface area (TPSA) is 76.0 Å². The van der Waals surface area contributed by atoms with Crippen LogP contribution >= 0.6 is 0 Å². The normalized spacial score (nSPS) is 11.7. The van der Waals surface area contributed by atoms with E-state index in [1.807, 2.05) is 37.3 Å². The third-order valence-electron chi connectivity index (χ3n) is 3.38. The third kappa shape index (κ3) is 3.72. The van der Waals surface area contributed by atoms with Gasteiger partial charge in [-0.2, -0.15) is 0 Å². The second kappa shape index (κ2) is 7.40. The molecule has 22 heavy (non-hydrogen) atoms. The lowest BCUT2D eigenvalue weighted by atomic mass is 10.1. The Hall–Kier alpha value is -2.63. The Labute approximate surface area is 129 Å². The van der Waals surface area contributed by atoms with E-state index in [2.05, 4.69) is 15.6 Å². The van der Waals surface area contributed by atoms with Crippen LogP contribution in [-0.2, 0) is 22.6 Å². The Kier molecular flexibility index (Phi) is 5.30. The van der Waals surface area contributed by atoms with Gasteiger partial charge in [0.15, 0.2) is 0 Å². The maximum Gasteiger partial charge on any atom is 0.246 e. The van der Waals surface area contributed by atoms with E-state index in [1.165, 1.54) is 0 Å². The summed E-state index contributed by atoms with van der Waals surface area (Å²) in [5, 5.41) is 5.35. The van der Waals surface area contributed by atoms with E-state index in [1.54, 1.807) is 24.0 Å². The summed E-state index contributed by atoms with van der Waals surface area (Å²) < 4.78 is 1.78. The number of hydrogen-bond acceptors (Lipinski definition) is 3. The molecule has 6 nitrogen and oxygen atoms in total. The predicted octanol–water partition coefficient (Wildman–Crippen LogP) is 1.05. The maximum atomic E-state index is 12.2. The molecule has 0 aliphatic heterocycles. The minimum absolute atomic E-state index is 0.142. The fourth-order valence-corrected chi connectivity index (χ4v) is 2.25. The summed E-state index contributed by atoms with van der Waals surface area (Å²) in [6.45, 7) is 2.12. The van der Waals surface area contributed by atoms with Gasteiger partial charge in [0.05, 0.1) is 0 Å². The molecule has 2 amide bonds. The molecule has 0 aliphatic rings. The van der Waals surface area contributed by atoms with Crippen LogP contribution in [0.3, 0.4) is 0 Å². The van der Waals surface area contributed by atoms with Crippen molar-refractivity contribution >= 4 is 11.8 Å². The molecule has 0 saturated carbocycles. The van der Waals surface area contributed by atoms with Gasteiger partial charge in [-0.1, -0.05) is 37.3 Å². The fourth-order valence-electron chi connectivity index (χ4n) is 2.25. The van der Waals surface area contributed by atoms with E-state index in [9.17, 15) is 9.59 Å². The van der Waals surface area contributed by atoms with E-state index in [4.69, 9.17) is 0 Å². The zero-order valence-electron chi connectivity index (χ0n) is 12.7. The van der Waals surface area contributed by atoms with Gasteiger partial charge in [0.1, 0.15) is 18.4 Å². The zero-order valence-corrected chi connectivity index (χ0v) is 12.7. The van der Waals surface area contributed by atoms with Crippen molar-refractivity contribution in [1.29, 1.82) is 0 Å². The van der Waals surface area contributed by atoms with Crippen molar-refractivity contribution in [2.24, 2.45) is 0 Å². The van der Waals surface area contributed by atoms with Gasteiger partial charge in [0.25, 0.3) is 0 Å². The quantitative estimate of drug-likeness (QED) is 0.837. The number of likely N-dealkylation sites (N-methyl/N-ethyl adjacent to an activating group) is 1. The second-order valence-electron chi connectivity index (χ2n) is 4.85. The molecule has 1 aromatic carbocycles. The fraction of sp³-hybridized carbons (Fsp3) is 0.312.